The van der Waals surface area contributed by atoms with Crippen molar-refractivity contribution in [2.45, 2.75) is 26.4 Å². The lowest BCUT2D eigenvalue weighted by Gasteiger charge is -2.23. The van der Waals surface area contributed by atoms with Crippen LogP contribution in [0.4, 0.5) is 10.7 Å². The van der Waals surface area contributed by atoms with Crippen LogP contribution >= 0.6 is 0 Å². The van der Waals surface area contributed by atoms with Crippen LogP contribution in [-0.2, 0) is 4.74 Å². The number of anilines is 1. The molecule has 2 aromatic rings. The SMILES string of the molecule is CN(C(=O)OC(C)(C)C)c1nnc2ccc(C=NO)nn12. The van der Waals surface area contributed by atoms with Gasteiger partial charge in [0.05, 0.1) is 6.21 Å². The highest BCUT2D eigenvalue weighted by molar-refractivity contribution is 5.85. The molecule has 0 bridgehead atoms. The lowest BCUT2D eigenvalue weighted by molar-refractivity contribution is 0.0586. The largest absolute Gasteiger partial charge is 0.443 e. The second-order valence-electron chi connectivity index (χ2n) is 5.31. The molecule has 0 saturated carbocycles. The number of nitrogens with zero attached hydrogens (tertiary/aromatic N) is 6. The fourth-order valence-corrected chi connectivity index (χ4v) is 1.54. The molecule has 1 amide bonds. The van der Waals surface area contributed by atoms with Crippen molar-refractivity contribution in [3.05, 3.63) is 17.8 Å². The zero-order chi connectivity index (χ0) is 15.6. The molecule has 21 heavy (non-hydrogen) atoms. The van der Waals surface area contributed by atoms with E-state index in [1.165, 1.54) is 16.5 Å². The van der Waals surface area contributed by atoms with Gasteiger partial charge in [-0.05, 0) is 32.9 Å². The number of aromatic nitrogens is 4. The van der Waals surface area contributed by atoms with Gasteiger partial charge in [-0.25, -0.2) is 9.69 Å². The first-order valence-electron chi connectivity index (χ1n) is 6.18. The summed E-state index contributed by atoms with van der Waals surface area (Å²) in [5.74, 6) is 0.201. The maximum atomic E-state index is 12.0. The Balaban J connectivity index is 2.37. The summed E-state index contributed by atoms with van der Waals surface area (Å²) < 4.78 is 6.62. The molecule has 2 rings (SSSR count). The molecule has 0 unspecified atom stereocenters. The Morgan fingerprint density at radius 3 is 2.76 bits per heavy atom. The molecule has 112 valence electrons. The van der Waals surface area contributed by atoms with Crippen LogP contribution in [0.3, 0.4) is 0 Å². The molecule has 0 aliphatic rings. The number of fused-ring (bicyclic) bond motifs is 1. The van der Waals surface area contributed by atoms with Crippen molar-refractivity contribution in [2.75, 3.05) is 11.9 Å². The molecule has 0 atom stereocenters. The summed E-state index contributed by atoms with van der Waals surface area (Å²) in [5.41, 5.74) is 0.229. The molecule has 0 aromatic carbocycles. The van der Waals surface area contributed by atoms with E-state index in [1.54, 1.807) is 32.9 Å². The molecular formula is C12H16N6O3. The maximum Gasteiger partial charge on any atom is 0.416 e. The van der Waals surface area contributed by atoms with E-state index in [4.69, 9.17) is 9.94 Å². The van der Waals surface area contributed by atoms with Gasteiger partial charge in [0, 0.05) is 7.05 Å². The second kappa shape index (κ2) is 5.35. The zero-order valence-electron chi connectivity index (χ0n) is 12.2. The quantitative estimate of drug-likeness (QED) is 0.508. The van der Waals surface area contributed by atoms with Gasteiger partial charge in [-0.1, -0.05) is 5.16 Å². The highest BCUT2D eigenvalue weighted by Gasteiger charge is 2.24. The minimum absolute atomic E-state index is 0.201. The molecule has 0 saturated heterocycles. The molecule has 2 heterocycles. The fraction of sp³-hybridized carbons (Fsp3) is 0.417. The number of carbonyl (C=O) groups excluding carboxylic acids is 1. The lowest BCUT2D eigenvalue weighted by Crippen LogP contribution is -2.35. The van der Waals surface area contributed by atoms with Gasteiger partial charge >= 0.3 is 6.09 Å². The maximum absolute atomic E-state index is 12.0. The smallest absolute Gasteiger partial charge is 0.416 e. The average Bonchev–Trinajstić information content (AvgIpc) is 2.79. The summed E-state index contributed by atoms with van der Waals surface area (Å²) in [6, 6.07) is 3.25. The molecule has 0 aliphatic heterocycles. The molecule has 0 fully saturated rings. The van der Waals surface area contributed by atoms with E-state index in [1.807, 2.05) is 0 Å². The topological polar surface area (TPSA) is 105 Å². The predicted molar refractivity (Wildman–Crippen MR) is 74.8 cm³/mol. The van der Waals surface area contributed by atoms with Crippen molar-refractivity contribution in [3.8, 4) is 0 Å². The third-order valence-corrected chi connectivity index (χ3v) is 2.42. The molecule has 0 spiro atoms. The summed E-state index contributed by atoms with van der Waals surface area (Å²) in [6.45, 7) is 5.32. The van der Waals surface area contributed by atoms with Crippen molar-refractivity contribution in [3.63, 3.8) is 0 Å². The monoisotopic (exact) mass is 292 g/mol. The normalized spacial score (nSPS) is 12.0. The van der Waals surface area contributed by atoms with Gasteiger partial charge in [0.25, 0.3) is 5.95 Å². The van der Waals surface area contributed by atoms with Crippen LogP contribution in [0.15, 0.2) is 17.3 Å². The summed E-state index contributed by atoms with van der Waals surface area (Å²) in [6.07, 6.45) is 0.594. The first kappa shape index (κ1) is 14.7. The predicted octanol–water partition coefficient (Wildman–Crippen LogP) is 1.30. The zero-order valence-corrected chi connectivity index (χ0v) is 12.2. The number of rotatable bonds is 2. The Morgan fingerprint density at radius 1 is 1.43 bits per heavy atom. The Kier molecular flexibility index (Phi) is 3.74. The minimum atomic E-state index is -0.617. The van der Waals surface area contributed by atoms with Crippen LogP contribution in [0.5, 0.6) is 0 Å². The van der Waals surface area contributed by atoms with E-state index in [2.05, 4.69) is 20.5 Å². The third kappa shape index (κ3) is 3.25. The molecule has 2 aromatic heterocycles. The van der Waals surface area contributed by atoms with Gasteiger partial charge in [0.2, 0.25) is 0 Å². The molecule has 1 N–H and O–H groups in total. The number of oxime groups is 1. The van der Waals surface area contributed by atoms with Crippen LogP contribution in [0.25, 0.3) is 5.65 Å². The fourth-order valence-electron chi connectivity index (χ4n) is 1.54. The Bertz CT molecular complexity index is 688. The number of carbonyl (C=O) groups is 1. The van der Waals surface area contributed by atoms with Gasteiger partial charge < -0.3 is 9.94 Å². The summed E-state index contributed by atoms with van der Waals surface area (Å²) in [4.78, 5) is 13.2. The number of hydrogen-bond acceptors (Lipinski definition) is 7. The molecule has 0 aliphatic carbocycles. The highest BCUT2D eigenvalue weighted by atomic mass is 16.6. The van der Waals surface area contributed by atoms with Crippen LogP contribution in [0.1, 0.15) is 26.5 Å². The van der Waals surface area contributed by atoms with Crippen molar-refractivity contribution >= 4 is 23.9 Å². The molecule has 9 nitrogen and oxygen atoms in total. The van der Waals surface area contributed by atoms with Crippen LogP contribution in [0, 0.1) is 0 Å². The van der Waals surface area contributed by atoms with E-state index in [0.29, 0.717) is 11.3 Å². The minimum Gasteiger partial charge on any atom is -0.443 e. The van der Waals surface area contributed by atoms with E-state index in [9.17, 15) is 4.79 Å². The van der Waals surface area contributed by atoms with Crippen LogP contribution < -0.4 is 4.90 Å². The van der Waals surface area contributed by atoms with Gasteiger partial charge in [0.15, 0.2) is 5.65 Å². The van der Waals surface area contributed by atoms with Crippen LogP contribution in [-0.4, -0.2) is 50.0 Å². The van der Waals surface area contributed by atoms with E-state index >= 15 is 0 Å². The molecule has 9 heteroatoms. The molecule has 0 radical (unpaired) electrons. The van der Waals surface area contributed by atoms with Crippen molar-refractivity contribution in [1.82, 2.24) is 19.8 Å². The average molecular weight is 292 g/mol. The van der Waals surface area contributed by atoms with Crippen molar-refractivity contribution in [2.24, 2.45) is 5.16 Å². The Labute approximate surface area is 120 Å². The van der Waals surface area contributed by atoms with Crippen molar-refractivity contribution < 1.29 is 14.7 Å². The number of ether oxygens (including phenoxy) is 1. The van der Waals surface area contributed by atoms with Crippen LogP contribution in [0.2, 0.25) is 0 Å². The lowest BCUT2D eigenvalue weighted by atomic mass is 10.2. The van der Waals surface area contributed by atoms with E-state index < -0.39 is 11.7 Å². The van der Waals surface area contributed by atoms with Gasteiger partial charge in [-0.3, -0.25) is 0 Å². The number of amides is 1. The first-order valence-corrected chi connectivity index (χ1v) is 6.18. The highest BCUT2D eigenvalue weighted by Crippen LogP contribution is 2.15. The summed E-state index contributed by atoms with van der Waals surface area (Å²) in [5, 5.41) is 23.4. The second-order valence-corrected chi connectivity index (χ2v) is 5.31. The summed E-state index contributed by atoms with van der Waals surface area (Å²) >= 11 is 0. The standard InChI is InChI=1S/C12H16N6O3/c1-12(2,3)21-11(19)17(4)10-15-14-9-6-5-8(7-13-20)16-18(9)10/h5-7,20H,1-4H3. The van der Waals surface area contributed by atoms with Gasteiger partial charge in [-0.2, -0.15) is 9.61 Å². The van der Waals surface area contributed by atoms with Gasteiger partial charge in [-0.15, -0.1) is 10.2 Å². The Morgan fingerprint density at radius 2 is 2.14 bits per heavy atom. The number of hydrogen-bond donors (Lipinski definition) is 1. The first-order chi connectivity index (χ1) is 9.81. The van der Waals surface area contributed by atoms with Gasteiger partial charge in [0.1, 0.15) is 11.3 Å². The van der Waals surface area contributed by atoms with Crippen molar-refractivity contribution in [1.29, 1.82) is 0 Å². The molecular weight excluding hydrogens is 276 g/mol. The summed E-state index contributed by atoms with van der Waals surface area (Å²) in [7, 11) is 1.51. The Hall–Kier alpha value is -2.71. The van der Waals surface area contributed by atoms with E-state index in [0.717, 1.165) is 6.21 Å². The third-order valence-electron chi connectivity index (χ3n) is 2.42. The van der Waals surface area contributed by atoms with E-state index in [-0.39, 0.29) is 5.95 Å².